The van der Waals surface area contributed by atoms with Crippen molar-refractivity contribution in [3.8, 4) is 0 Å². The summed E-state index contributed by atoms with van der Waals surface area (Å²) in [7, 11) is 0. The summed E-state index contributed by atoms with van der Waals surface area (Å²) in [6, 6.07) is 16.7. The third kappa shape index (κ3) is 4.65. The lowest BCUT2D eigenvalue weighted by Crippen LogP contribution is -2.18. The number of thiazole rings is 1. The van der Waals surface area contributed by atoms with Crippen LogP contribution in [0.1, 0.15) is 24.5 Å². The lowest BCUT2D eigenvalue weighted by Gasteiger charge is -2.04. The van der Waals surface area contributed by atoms with Gasteiger partial charge in [-0.15, -0.1) is 0 Å². The van der Waals surface area contributed by atoms with Gasteiger partial charge in [-0.05, 0) is 42.4 Å². The molecule has 136 valence electrons. The van der Waals surface area contributed by atoms with Crippen LogP contribution in [0.3, 0.4) is 0 Å². The van der Waals surface area contributed by atoms with Crippen LogP contribution in [0, 0.1) is 0 Å². The Morgan fingerprint density at radius 2 is 1.96 bits per heavy atom. The van der Waals surface area contributed by atoms with Crippen LogP contribution in [0.2, 0.25) is 0 Å². The Morgan fingerprint density at radius 3 is 2.69 bits per heavy atom. The van der Waals surface area contributed by atoms with Gasteiger partial charge in [0.1, 0.15) is 0 Å². The molecule has 0 bridgehead atoms. The molecule has 26 heavy (non-hydrogen) atoms. The summed E-state index contributed by atoms with van der Waals surface area (Å²) >= 11 is 3.43. The van der Waals surface area contributed by atoms with E-state index in [0.717, 1.165) is 29.9 Å². The Kier molecular flexibility index (Phi) is 6.69. The molecule has 1 heterocycles. The molecule has 0 aliphatic carbocycles. The maximum Gasteiger partial charge on any atom is 0.248 e. The van der Waals surface area contributed by atoms with Crippen molar-refractivity contribution in [1.29, 1.82) is 0 Å². The molecular formula is C21H24N2OS2. The van der Waals surface area contributed by atoms with E-state index >= 15 is 0 Å². The molecule has 0 fully saturated rings. The van der Waals surface area contributed by atoms with Crippen molar-refractivity contribution in [2.45, 2.75) is 32.7 Å². The third-order valence-corrected chi connectivity index (χ3v) is 6.00. The second kappa shape index (κ2) is 9.19. The van der Waals surface area contributed by atoms with Crippen molar-refractivity contribution in [3.05, 3.63) is 64.5 Å². The fourth-order valence-corrected chi connectivity index (χ4v) is 4.38. The predicted molar refractivity (Wildman–Crippen MR) is 113 cm³/mol. The fourth-order valence-electron chi connectivity index (χ4n) is 2.88. The lowest BCUT2D eigenvalue weighted by molar-refractivity contribution is -0.118. The van der Waals surface area contributed by atoms with E-state index in [1.54, 1.807) is 11.3 Å². The number of fused-ring (bicyclic) bond motifs is 1. The van der Waals surface area contributed by atoms with Crippen LogP contribution < -0.4 is 4.80 Å². The van der Waals surface area contributed by atoms with Gasteiger partial charge >= 0.3 is 0 Å². The second-order valence-electron chi connectivity index (χ2n) is 6.18. The van der Waals surface area contributed by atoms with Crippen molar-refractivity contribution in [2.75, 3.05) is 12.0 Å². The average molecular weight is 385 g/mol. The molecule has 0 N–H and O–H groups in total. The molecule has 0 aliphatic heterocycles. The Balaban J connectivity index is 1.88. The zero-order valence-electron chi connectivity index (χ0n) is 15.3. The van der Waals surface area contributed by atoms with Crippen molar-refractivity contribution in [3.63, 3.8) is 0 Å². The molecular weight excluding hydrogens is 360 g/mol. The van der Waals surface area contributed by atoms with E-state index in [1.807, 2.05) is 30.0 Å². The van der Waals surface area contributed by atoms with Gasteiger partial charge in [-0.2, -0.15) is 16.8 Å². The normalized spacial score (nSPS) is 12.0. The number of amides is 1. The zero-order chi connectivity index (χ0) is 18.4. The molecule has 0 unspecified atom stereocenters. The van der Waals surface area contributed by atoms with Gasteiger partial charge in [0, 0.05) is 18.7 Å². The highest BCUT2D eigenvalue weighted by Gasteiger charge is 2.09. The van der Waals surface area contributed by atoms with Gasteiger partial charge in [0.2, 0.25) is 5.91 Å². The van der Waals surface area contributed by atoms with E-state index in [1.165, 1.54) is 21.3 Å². The summed E-state index contributed by atoms with van der Waals surface area (Å²) in [5.74, 6) is 0.960. The van der Waals surface area contributed by atoms with Crippen molar-refractivity contribution in [2.24, 2.45) is 4.99 Å². The minimum Gasteiger partial charge on any atom is -0.316 e. The van der Waals surface area contributed by atoms with Crippen molar-refractivity contribution >= 4 is 39.2 Å². The number of aryl methyl sites for hydroxylation is 3. The highest BCUT2D eigenvalue weighted by atomic mass is 32.2. The van der Waals surface area contributed by atoms with E-state index < -0.39 is 0 Å². The van der Waals surface area contributed by atoms with Crippen LogP contribution in [0.5, 0.6) is 0 Å². The number of nitrogens with zero attached hydrogens (tertiary/aromatic N) is 2. The number of aromatic nitrogens is 1. The fraction of sp³-hybridized carbons (Fsp3) is 0.333. The van der Waals surface area contributed by atoms with E-state index in [4.69, 9.17) is 0 Å². The number of carbonyl (C=O) groups is 1. The van der Waals surface area contributed by atoms with Gasteiger partial charge in [-0.1, -0.05) is 54.7 Å². The molecule has 3 aromatic rings. The Bertz CT molecular complexity index is 942. The minimum atomic E-state index is -0.0472. The summed E-state index contributed by atoms with van der Waals surface area (Å²) in [5, 5.41) is 0. The summed E-state index contributed by atoms with van der Waals surface area (Å²) in [6.45, 7) is 3.03. The summed E-state index contributed by atoms with van der Waals surface area (Å²) in [6.07, 6.45) is 4.30. The smallest absolute Gasteiger partial charge is 0.248 e. The van der Waals surface area contributed by atoms with E-state index in [2.05, 4.69) is 53.1 Å². The van der Waals surface area contributed by atoms with Gasteiger partial charge in [0.25, 0.3) is 0 Å². The molecule has 5 heteroatoms. The number of rotatable bonds is 7. The molecule has 0 saturated heterocycles. The van der Waals surface area contributed by atoms with Crippen LogP contribution in [-0.2, 0) is 24.2 Å². The van der Waals surface area contributed by atoms with Crippen LogP contribution in [0.4, 0.5) is 0 Å². The quantitative estimate of drug-likeness (QED) is 0.592. The Labute approximate surface area is 162 Å². The molecule has 3 rings (SSSR count). The zero-order valence-corrected chi connectivity index (χ0v) is 16.9. The van der Waals surface area contributed by atoms with Gasteiger partial charge in [-0.25, -0.2) is 0 Å². The van der Waals surface area contributed by atoms with E-state index in [9.17, 15) is 4.79 Å². The van der Waals surface area contributed by atoms with Crippen molar-refractivity contribution in [1.82, 2.24) is 4.57 Å². The predicted octanol–water partition coefficient (Wildman–Crippen LogP) is 4.69. The molecule has 0 atom stereocenters. The number of carbonyl (C=O) groups excluding carboxylic acids is 1. The highest BCUT2D eigenvalue weighted by molar-refractivity contribution is 7.98. The third-order valence-electron chi connectivity index (χ3n) is 4.37. The Hall–Kier alpha value is -1.85. The number of hydrogen-bond acceptors (Lipinski definition) is 3. The molecule has 3 nitrogen and oxygen atoms in total. The molecule has 1 aromatic heterocycles. The largest absolute Gasteiger partial charge is 0.316 e. The van der Waals surface area contributed by atoms with Gasteiger partial charge < -0.3 is 4.57 Å². The number of hydrogen-bond donors (Lipinski definition) is 0. The van der Waals surface area contributed by atoms with Crippen LogP contribution in [0.25, 0.3) is 10.2 Å². The highest BCUT2D eigenvalue weighted by Crippen LogP contribution is 2.20. The van der Waals surface area contributed by atoms with Gasteiger partial charge in [0.15, 0.2) is 4.80 Å². The van der Waals surface area contributed by atoms with Crippen LogP contribution >= 0.6 is 23.1 Å². The first-order valence-electron chi connectivity index (χ1n) is 8.94. The Morgan fingerprint density at radius 1 is 1.15 bits per heavy atom. The van der Waals surface area contributed by atoms with Crippen LogP contribution in [0.15, 0.2) is 53.5 Å². The van der Waals surface area contributed by atoms with E-state index in [-0.39, 0.29) is 5.91 Å². The molecule has 0 saturated carbocycles. The first kappa shape index (κ1) is 18.9. The first-order valence-corrected chi connectivity index (χ1v) is 11.1. The molecule has 2 aromatic carbocycles. The summed E-state index contributed by atoms with van der Waals surface area (Å²) in [5.41, 5.74) is 3.67. The monoisotopic (exact) mass is 384 g/mol. The van der Waals surface area contributed by atoms with Gasteiger partial charge in [-0.3, -0.25) is 4.79 Å². The SMILES string of the molecule is CCc1ccc2c(c1)sc(=NC(=O)CCc1ccccc1)n2CCSC. The molecule has 0 aliphatic rings. The maximum atomic E-state index is 12.4. The first-order chi connectivity index (χ1) is 12.7. The van der Waals surface area contributed by atoms with Crippen molar-refractivity contribution < 1.29 is 4.79 Å². The number of thioether (sulfide) groups is 1. The molecule has 1 amide bonds. The summed E-state index contributed by atoms with van der Waals surface area (Å²) < 4.78 is 3.40. The minimum absolute atomic E-state index is 0.0472. The number of benzene rings is 2. The summed E-state index contributed by atoms with van der Waals surface area (Å²) in [4.78, 5) is 17.7. The molecule has 0 radical (unpaired) electrons. The van der Waals surface area contributed by atoms with Gasteiger partial charge in [0.05, 0.1) is 10.2 Å². The standard InChI is InChI=1S/C21H24N2OS2/c1-3-16-9-11-18-19(15-16)26-21(23(18)13-14-25-2)22-20(24)12-10-17-7-5-4-6-8-17/h4-9,11,15H,3,10,12-14H2,1-2H3. The van der Waals surface area contributed by atoms with Crippen LogP contribution in [-0.4, -0.2) is 22.5 Å². The topological polar surface area (TPSA) is 34.4 Å². The van der Waals surface area contributed by atoms with E-state index in [0.29, 0.717) is 6.42 Å². The average Bonchev–Trinajstić information content (AvgIpc) is 3.01. The molecule has 0 spiro atoms. The maximum absolute atomic E-state index is 12.4. The second-order valence-corrected chi connectivity index (χ2v) is 8.17. The lowest BCUT2D eigenvalue weighted by atomic mass is 10.1.